The second-order valence-corrected chi connectivity index (χ2v) is 4.21. The minimum atomic E-state index is 0.638. The van der Waals surface area contributed by atoms with Crippen molar-refractivity contribution >= 4 is 0 Å². The first-order valence-corrected chi connectivity index (χ1v) is 5.03. The van der Waals surface area contributed by atoms with Crippen molar-refractivity contribution < 1.29 is 0 Å². The molecular weight excluding hydrogens is 158 g/mol. The maximum Gasteiger partial charge on any atom is 0.0398 e. The zero-order valence-electron chi connectivity index (χ0n) is 8.67. The Labute approximate surface area is 80.4 Å². The van der Waals surface area contributed by atoms with Crippen LogP contribution >= 0.6 is 0 Å². The zero-order valence-corrected chi connectivity index (χ0v) is 8.67. The quantitative estimate of drug-likeness (QED) is 0.592. The van der Waals surface area contributed by atoms with E-state index in [1.165, 1.54) is 24.1 Å². The van der Waals surface area contributed by atoms with Crippen LogP contribution in [0.4, 0.5) is 0 Å². The molecule has 13 heavy (non-hydrogen) atoms. The van der Waals surface area contributed by atoms with Crippen LogP contribution in [0.3, 0.4) is 0 Å². The van der Waals surface area contributed by atoms with Gasteiger partial charge in [0.05, 0.1) is 0 Å². The van der Waals surface area contributed by atoms with E-state index < -0.39 is 0 Å². The molecule has 0 bridgehead atoms. The topological polar surface area (TPSA) is 3.24 Å². The Balaban J connectivity index is 2.29. The Morgan fingerprint density at radius 1 is 1.31 bits per heavy atom. The summed E-state index contributed by atoms with van der Waals surface area (Å²) in [5.74, 6) is 0.638. The van der Waals surface area contributed by atoms with Gasteiger partial charge in [0.15, 0.2) is 0 Å². The highest BCUT2D eigenvalue weighted by atomic mass is 15.1. The van der Waals surface area contributed by atoms with E-state index in [0.29, 0.717) is 5.92 Å². The van der Waals surface area contributed by atoms with Crippen molar-refractivity contribution in [2.45, 2.75) is 26.7 Å². The van der Waals surface area contributed by atoms with E-state index in [1.54, 1.807) is 5.57 Å². The summed E-state index contributed by atoms with van der Waals surface area (Å²) < 4.78 is 0. The normalized spacial score (nSPS) is 21.2. The van der Waals surface area contributed by atoms with Gasteiger partial charge in [-0.1, -0.05) is 13.8 Å². The van der Waals surface area contributed by atoms with Crippen LogP contribution in [0.15, 0.2) is 35.2 Å². The molecule has 0 spiro atoms. The van der Waals surface area contributed by atoms with Crippen LogP contribution in [0.5, 0.6) is 0 Å². The summed E-state index contributed by atoms with van der Waals surface area (Å²) in [7, 11) is 2.13. The van der Waals surface area contributed by atoms with Crippen LogP contribution in [0.25, 0.3) is 0 Å². The zero-order chi connectivity index (χ0) is 9.42. The summed E-state index contributed by atoms with van der Waals surface area (Å²) in [6, 6.07) is 0. The van der Waals surface area contributed by atoms with Gasteiger partial charge in [0.25, 0.3) is 0 Å². The second kappa shape index (κ2) is 3.06. The van der Waals surface area contributed by atoms with Gasteiger partial charge in [-0.2, -0.15) is 0 Å². The fraction of sp³-hybridized carbons (Fsp3) is 0.500. The molecule has 1 aliphatic heterocycles. The van der Waals surface area contributed by atoms with Crippen molar-refractivity contribution in [2.75, 3.05) is 7.05 Å². The molecule has 0 unspecified atom stereocenters. The lowest BCUT2D eigenvalue weighted by atomic mass is 10.00. The van der Waals surface area contributed by atoms with E-state index >= 15 is 0 Å². The molecule has 0 radical (unpaired) electrons. The van der Waals surface area contributed by atoms with Gasteiger partial charge in [0, 0.05) is 18.9 Å². The summed E-state index contributed by atoms with van der Waals surface area (Å²) in [5.41, 5.74) is 4.50. The molecule has 1 heterocycles. The highest BCUT2D eigenvalue weighted by molar-refractivity contribution is 5.41. The summed E-state index contributed by atoms with van der Waals surface area (Å²) in [4.78, 5) is 2.23. The van der Waals surface area contributed by atoms with E-state index in [-0.39, 0.29) is 0 Å². The van der Waals surface area contributed by atoms with Gasteiger partial charge in [-0.25, -0.2) is 0 Å². The summed E-state index contributed by atoms with van der Waals surface area (Å²) in [6.07, 6.45) is 9.34. The van der Waals surface area contributed by atoms with Gasteiger partial charge >= 0.3 is 0 Å². The number of allylic oxidation sites excluding steroid dienone is 4. The first-order valence-electron chi connectivity index (χ1n) is 5.03. The van der Waals surface area contributed by atoms with Crippen molar-refractivity contribution in [1.82, 2.24) is 4.90 Å². The van der Waals surface area contributed by atoms with E-state index in [9.17, 15) is 0 Å². The summed E-state index contributed by atoms with van der Waals surface area (Å²) in [6.45, 7) is 4.49. The van der Waals surface area contributed by atoms with Gasteiger partial charge in [0.1, 0.15) is 0 Å². The van der Waals surface area contributed by atoms with Crippen LogP contribution < -0.4 is 0 Å². The monoisotopic (exact) mass is 175 g/mol. The number of nitrogens with zero attached hydrogens (tertiary/aromatic N) is 1. The lowest BCUT2D eigenvalue weighted by Gasteiger charge is -2.22. The third kappa shape index (κ3) is 1.69. The lowest BCUT2D eigenvalue weighted by molar-refractivity contribution is 0.571. The highest BCUT2D eigenvalue weighted by Gasteiger charge is 2.20. The second-order valence-electron chi connectivity index (χ2n) is 4.21. The van der Waals surface area contributed by atoms with Gasteiger partial charge in [0.2, 0.25) is 0 Å². The van der Waals surface area contributed by atoms with E-state index in [1.807, 2.05) is 0 Å². The molecule has 0 aromatic heterocycles. The highest BCUT2D eigenvalue weighted by Crippen LogP contribution is 2.35. The molecule has 0 N–H and O–H groups in total. The Bertz CT molecular complexity index is 299. The van der Waals surface area contributed by atoms with Gasteiger partial charge in [-0.15, -0.1) is 0 Å². The Hall–Kier alpha value is -0.980. The number of hydrogen-bond acceptors (Lipinski definition) is 1. The van der Waals surface area contributed by atoms with Gasteiger partial charge in [-0.05, 0) is 42.1 Å². The maximum atomic E-state index is 2.34. The largest absolute Gasteiger partial charge is 0.351 e. The fourth-order valence-electron chi connectivity index (χ4n) is 1.62. The molecular formula is C12H17N. The molecule has 2 aliphatic rings. The third-order valence-electron chi connectivity index (χ3n) is 2.70. The average molecular weight is 175 g/mol. The van der Waals surface area contributed by atoms with Crippen LogP contribution in [-0.4, -0.2) is 11.9 Å². The number of rotatable bonds is 1. The molecule has 0 atom stereocenters. The van der Waals surface area contributed by atoms with E-state index in [0.717, 1.165) is 0 Å². The molecule has 0 amide bonds. The predicted octanol–water partition coefficient (Wildman–Crippen LogP) is 3.08. The van der Waals surface area contributed by atoms with Crippen LogP contribution in [0.2, 0.25) is 0 Å². The Morgan fingerprint density at radius 2 is 2.00 bits per heavy atom. The van der Waals surface area contributed by atoms with Crippen molar-refractivity contribution in [2.24, 2.45) is 5.92 Å². The van der Waals surface area contributed by atoms with E-state index in [2.05, 4.69) is 44.1 Å². The molecule has 1 saturated carbocycles. The van der Waals surface area contributed by atoms with Crippen molar-refractivity contribution in [1.29, 1.82) is 0 Å². The lowest BCUT2D eigenvalue weighted by Crippen LogP contribution is -2.13. The van der Waals surface area contributed by atoms with Crippen molar-refractivity contribution in [3.8, 4) is 0 Å². The minimum absolute atomic E-state index is 0.638. The molecule has 1 aliphatic carbocycles. The molecule has 70 valence electrons. The minimum Gasteiger partial charge on any atom is -0.351 e. The average Bonchev–Trinajstić information content (AvgIpc) is 2.87. The number of hydrogen-bond donors (Lipinski definition) is 0. The molecule has 0 aromatic rings. The maximum absolute atomic E-state index is 2.34. The van der Waals surface area contributed by atoms with Crippen LogP contribution in [-0.2, 0) is 0 Å². The summed E-state index contributed by atoms with van der Waals surface area (Å²) >= 11 is 0. The third-order valence-corrected chi connectivity index (χ3v) is 2.70. The van der Waals surface area contributed by atoms with Gasteiger partial charge in [-0.3, -0.25) is 0 Å². The molecule has 0 aromatic carbocycles. The molecule has 1 heteroatoms. The molecule has 0 saturated heterocycles. The predicted molar refractivity (Wildman–Crippen MR) is 56.1 cm³/mol. The smallest absolute Gasteiger partial charge is 0.0398 e. The molecule has 1 nitrogen and oxygen atoms in total. The van der Waals surface area contributed by atoms with Crippen molar-refractivity contribution in [3.63, 3.8) is 0 Å². The molecule has 2 rings (SSSR count). The Morgan fingerprint density at radius 3 is 2.54 bits per heavy atom. The van der Waals surface area contributed by atoms with E-state index in [4.69, 9.17) is 0 Å². The van der Waals surface area contributed by atoms with Gasteiger partial charge < -0.3 is 4.90 Å². The first-order chi connectivity index (χ1) is 6.18. The molecule has 1 fully saturated rings. The Kier molecular flexibility index (Phi) is 2.03. The standard InChI is InChI=1S/C12H17N/c1-9(2)11-6-7-13(3)12(8-11)10-4-5-10/h6-9H,4-5H2,1-3H3. The van der Waals surface area contributed by atoms with Crippen molar-refractivity contribution in [3.05, 3.63) is 35.2 Å². The summed E-state index contributed by atoms with van der Waals surface area (Å²) in [5, 5.41) is 0. The SMILES string of the molecule is CC(C)C1=CC(=C2CC2)N(C)C=C1. The first kappa shape index (κ1) is 8.61. The van der Waals surface area contributed by atoms with Crippen LogP contribution in [0, 0.1) is 5.92 Å². The number of likely N-dealkylation sites (N-methyl/N-ethyl adjacent to an activating group) is 1. The fourth-order valence-corrected chi connectivity index (χ4v) is 1.62. The van der Waals surface area contributed by atoms with Crippen LogP contribution in [0.1, 0.15) is 26.7 Å².